The van der Waals surface area contributed by atoms with Crippen molar-refractivity contribution >= 4 is 11.7 Å². The van der Waals surface area contributed by atoms with Gasteiger partial charge in [-0.1, -0.05) is 0 Å². The first-order valence-corrected chi connectivity index (χ1v) is 7.87. The molecule has 8 heteroatoms. The van der Waals surface area contributed by atoms with Gasteiger partial charge in [-0.15, -0.1) is 10.2 Å². The molecule has 1 aliphatic heterocycles. The van der Waals surface area contributed by atoms with E-state index in [-0.39, 0.29) is 17.9 Å². The van der Waals surface area contributed by atoms with Gasteiger partial charge in [0.05, 0.1) is 5.92 Å². The van der Waals surface area contributed by atoms with Crippen LogP contribution < -0.4 is 10.2 Å². The van der Waals surface area contributed by atoms with Crippen LogP contribution in [0.25, 0.3) is 5.82 Å². The Morgan fingerprint density at radius 2 is 2.09 bits per heavy atom. The van der Waals surface area contributed by atoms with Crippen molar-refractivity contribution < 1.29 is 4.79 Å². The molecule has 0 aliphatic carbocycles. The van der Waals surface area contributed by atoms with E-state index in [1.54, 1.807) is 11.0 Å². The van der Waals surface area contributed by atoms with Gasteiger partial charge in [0.1, 0.15) is 12.7 Å². The molecule has 0 saturated carbocycles. The molecule has 2 aromatic rings. The number of piperidine rings is 1. The Balaban J connectivity index is 1.68. The Morgan fingerprint density at radius 3 is 2.74 bits per heavy atom. The van der Waals surface area contributed by atoms with Gasteiger partial charge in [-0.3, -0.25) is 4.79 Å². The normalized spacial score (nSPS) is 18.2. The predicted molar refractivity (Wildman–Crippen MR) is 85.2 cm³/mol. The van der Waals surface area contributed by atoms with Crippen molar-refractivity contribution in [3.8, 4) is 5.82 Å². The van der Waals surface area contributed by atoms with Crippen LogP contribution in [-0.2, 0) is 4.79 Å². The first kappa shape index (κ1) is 15.4. The molecule has 3 heterocycles. The van der Waals surface area contributed by atoms with Gasteiger partial charge in [0.15, 0.2) is 11.6 Å². The molecule has 0 spiro atoms. The standard InChI is InChI=1S/C15H21N7O/c1-11(2)18-15(23)12-4-3-7-21(8-12)13-5-6-14(20-19-13)22-10-16-9-17-22/h5-6,9-12H,3-4,7-8H2,1-2H3,(H,18,23). The van der Waals surface area contributed by atoms with Crippen molar-refractivity contribution in [2.75, 3.05) is 18.0 Å². The van der Waals surface area contributed by atoms with E-state index in [1.807, 2.05) is 26.0 Å². The number of rotatable bonds is 4. The fourth-order valence-corrected chi connectivity index (χ4v) is 2.74. The zero-order valence-electron chi connectivity index (χ0n) is 13.4. The molecule has 3 rings (SSSR count). The number of carbonyl (C=O) groups is 1. The van der Waals surface area contributed by atoms with Gasteiger partial charge in [0.25, 0.3) is 0 Å². The van der Waals surface area contributed by atoms with Crippen LogP contribution in [0.4, 0.5) is 5.82 Å². The first-order chi connectivity index (χ1) is 11.1. The zero-order chi connectivity index (χ0) is 16.2. The topological polar surface area (TPSA) is 88.8 Å². The quantitative estimate of drug-likeness (QED) is 0.897. The van der Waals surface area contributed by atoms with Crippen LogP contribution in [-0.4, -0.2) is 50.0 Å². The number of amides is 1. The molecule has 2 aromatic heterocycles. The monoisotopic (exact) mass is 315 g/mol. The summed E-state index contributed by atoms with van der Waals surface area (Å²) >= 11 is 0. The van der Waals surface area contributed by atoms with E-state index in [2.05, 4.69) is 30.5 Å². The highest BCUT2D eigenvalue weighted by Gasteiger charge is 2.27. The summed E-state index contributed by atoms with van der Waals surface area (Å²) in [6.45, 7) is 5.53. The van der Waals surface area contributed by atoms with Crippen molar-refractivity contribution in [2.24, 2.45) is 5.92 Å². The van der Waals surface area contributed by atoms with Gasteiger partial charge in [-0.05, 0) is 38.8 Å². The molecule has 1 aliphatic rings. The average molecular weight is 315 g/mol. The van der Waals surface area contributed by atoms with E-state index in [9.17, 15) is 4.79 Å². The highest BCUT2D eigenvalue weighted by molar-refractivity contribution is 5.79. The molecule has 0 aromatic carbocycles. The number of nitrogens with zero attached hydrogens (tertiary/aromatic N) is 6. The fraction of sp³-hybridized carbons (Fsp3) is 0.533. The molecule has 122 valence electrons. The third-order valence-corrected chi connectivity index (χ3v) is 3.84. The van der Waals surface area contributed by atoms with Gasteiger partial charge in [-0.2, -0.15) is 5.10 Å². The van der Waals surface area contributed by atoms with Crippen LogP contribution in [0, 0.1) is 5.92 Å². The minimum absolute atomic E-state index is 0.00272. The van der Waals surface area contributed by atoms with Crippen molar-refractivity contribution in [1.82, 2.24) is 30.3 Å². The van der Waals surface area contributed by atoms with Gasteiger partial charge in [-0.25, -0.2) is 9.67 Å². The van der Waals surface area contributed by atoms with E-state index in [4.69, 9.17) is 0 Å². The van der Waals surface area contributed by atoms with Crippen LogP contribution in [0.15, 0.2) is 24.8 Å². The van der Waals surface area contributed by atoms with Gasteiger partial charge < -0.3 is 10.2 Å². The van der Waals surface area contributed by atoms with Crippen molar-refractivity contribution in [1.29, 1.82) is 0 Å². The van der Waals surface area contributed by atoms with Crippen LogP contribution in [0.5, 0.6) is 0 Å². The van der Waals surface area contributed by atoms with Crippen molar-refractivity contribution in [3.63, 3.8) is 0 Å². The minimum Gasteiger partial charge on any atom is -0.354 e. The van der Waals surface area contributed by atoms with E-state index in [0.29, 0.717) is 12.4 Å². The summed E-state index contributed by atoms with van der Waals surface area (Å²) in [5.74, 6) is 1.54. The van der Waals surface area contributed by atoms with Crippen LogP contribution in [0.3, 0.4) is 0 Å². The molecule has 8 nitrogen and oxygen atoms in total. The molecule has 1 fully saturated rings. The summed E-state index contributed by atoms with van der Waals surface area (Å²) in [5.41, 5.74) is 0. The van der Waals surface area contributed by atoms with Crippen LogP contribution in [0.1, 0.15) is 26.7 Å². The second-order valence-corrected chi connectivity index (χ2v) is 6.04. The zero-order valence-corrected chi connectivity index (χ0v) is 13.4. The average Bonchev–Trinajstić information content (AvgIpc) is 3.09. The molecule has 1 saturated heterocycles. The molecule has 1 unspecified atom stereocenters. The fourth-order valence-electron chi connectivity index (χ4n) is 2.74. The summed E-state index contributed by atoms with van der Waals surface area (Å²) in [4.78, 5) is 18.2. The lowest BCUT2D eigenvalue weighted by atomic mass is 9.97. The van der Waals surface area contributed by atoms with Gasteiger partial charge in [0, 0.05) is 19.1 Å². The molecular weight excluding hydrogens is 294 g/mol. The Labute approximate surface area is 134 Å². The Kier molecular flexibility index (Phi) is 4.50. The summed E-state index contributed by atoms with van der Waals surface area (Å²) in [7, 11) is 0. The minimum atomic E-state index is 0.00272. The number of anilines is 1. The number of hydrogen-bond donors (Lipinski definition) is 1. The molecule has 1 atom stereocenters. The molecule has 1 amide bonds. The smallest absolute Gasteiger partial charge is 0.225 e. The molecule has 23 heavy (non-hydrogen) atoms. The van der Waals surface area contributed by atoms with E-state index >= 15 is 0 Å². The largest absolute Gasteiger partial charge is 0.354 e. The Hall–Kier alpha value is -2.51. The van der Waals surface area contributed by atoms with E-state index in [1.165, 1.54) is 6.33 Å². The van der Waals surface area contributed by atoms with Crippen LogP contribution in [0.2, 0.25) is 0 Å². The summed E-state index contributed by atoms with van der Waals surface area (Å²) in [6, 6.07) is 3.93. The SMILES string of the molecule is CC(C)NC(=O)C1CCCN(c2ccc(-n3cncn3)nn2)C1. The van der Waals surface area contributed by atoms with Crippen LogP contribution >= 0.6 is 0 Å². The summed E-state index contributed by atoms with van der Waals surface area (Å²) in [6.07, 6.45) is 4.93. The second-order valence-electron chi connectivity index (χ2n) is 6.04. The third kappa shape index (κ3) is 3.64. The lowest BCUT2D eigenvalue weighted by Gasteiger charge is -2.32. The maximum absolute atomic E-state index is 12.2. The van der Waals surface area contributed by atoms with Gasteiger partial charge >= 0.3 is 0 Å². The lowest BCUT2D eigenvalue weighted by Crippen LogP contribution is -2.45. The first-order valence-electron chi connectivity index (χ1n) is 7.87. The Morgan fingerprint density at radius 1 is 1.30 bits per heavy atom. The van der Waals surface area contributed by atoms with Crippen molar-refractivity contribution in [2.45, 2.75) is 32.7 Å². The molecule has 0 radical (unpaired) electrons. The maximum atomic E-state index is 12.2. The molecular formula is C15H21N7O. The van der Waals surface area contributed by atoms with E-state index in [0.717, 1.165) is 25.2 Å². The highest BCUT2D eigenvalue weighted by atomic mass is 16.2. The number of hydrogen-bond acceptors (Lipinski definition) is 6. The highest BCUT2D eigenvalue weighted by Crippen LogP contribution is 2.21. The van der Waals surface area contributed by atoms with Crippen molar-refractivity contribution in [3.05, 3.63) is 24.8 Å². The predicted octanol–water partition coefficient (Wildman–Crippen LogP) is 0.798. The van der Waals surface area contributed by atoms with Gasteiger partial charge in [0.2, 0.25) is 5.91 Å². The lowest BCUT2D eigenvalue weighted by molar-refractivity contribution is -0.125. The summed E-state index contributed by atoms with van der Waals surface area (Å²) < 4.78 is 1.56. The third-order valence-electron chi connectivity index (χ3n) is 3.84. The number of aromatic nitrogens is 5. The molecule has 0 bridgehead atoms. The summed E-state index contributed by atoms with van der Waals surface area (Å²) in [5, 5.41) is 15.5. The molecule has 1 N–H and O–H groups in total. The second kappa shape index (κ2) is 6.72. The maximum Gasteiger partial charge on any atom is 0.225 e. The Bertz CT molecular complexity index is 638. The number of nitrogens with one attached hydrogen (secondary N) is 1. The van der Waals surface area contributed by atoms with E-state index < -0.39 is 0 Å². The number of carbonyl (C=O) groups excluding carboxylic acids is 1.